The summed E-state index contributed by atoms with van der Waals surface area (Å²) in [5.74, 6) is -1.29. The van der Waals surface area contributed by atoms with Gasteiger partial charge in [0.15, 0.2) is 0 Å². The number of hydrogen-bond acceptors (Lipinski definition) is 2. The minimum atomic E-state index is -0.729. The molecule has 2 rings (SSSR count). The fourth-order valence-electron chi connectivity index (χ4n) is 2.85. The Hall–Kier alpha value is -1.58. The van der Waals surface area contributed by atoms with Gasteiger partial charge in [0.05, 0.1) is 5.56 Å². The molecule has 0 saturated heterocycles. The van der Waals surface area contributed by atoms with Crippen molar-refractivity contribution in [2.75, 3.05) is 5.32 Å². The van der Waals surface area contributed by atoms with Crippen molar-refractivity contribution < 1.29 is 9.18 Å². The van der Waals surface area contributed by atoms with E-state index in [1.807, 2.05) is 0 Å². The normalized spacial score (nSPS) is 22.1. The molecule has 1 unspecified atom stereocenters. The molecule has 1 fully saturated rings. The van der Waals surface area contributed by atoms with Crippen LogP contribution in [0, 0.1) is 11.2 Å². The monoisotopic (exact) mass is 278 g/mol. The van der Waals surface area contributed by atoms with Gasteiger partial charge in [-0.05, 0) is 49.3 Å². The van der Waals surface area contributed by atoms with Crippen LogP contribution in [-0.4, -0.2) is 11.9 Å². The molecule has 3 N–H and O–H groups in total. The summed E-state index contributed by atoms with van der Waals surface area (Å²) in [6.45, 7) is 4.61. The van der Waals surface area contributed by atoms with Crippen molar-refractivity contribution in [3.05, 3.63) is 29.6 Å². The number of nitrogens with two attached hydrogens (primary N) is 1. The third-order valence-electron chi connectivity index (χ3n) is 4.18. The summed E-state index contributed by atoms with van der Waals surface area (Å²) in [5, 5.41) is 3.41. The summed E-state index contributed by atoms with van der Waals surface area (Å²) in [7, 11) is 0. The predicted molar refractivity (Wildman–Crippen MR) is 79.2 cm³/mol. The first-order chi connectivity index (χ1) is 9.37. The van der Waals surface area contributed by atoms with E-state index in [9.17, 15) is 9.18 Å². The van der Waals surface area contributed by atoms with E-state index in [1.54, 1.807) is 6.07 Å². The zero-order valence-corrected chi connectivity index (χ0v) is 12.2. The first-order valence-electron chi connectivity index (χ1n) is 7.23. The summed E-state index contributed by atoms with van der Waals surface area (Å²) in [6.07, 6.45) is 5.80. The molecule has 0 heterocycles. The van der Waals surface area contributed by atoms with Crippen LogP contribution in [-0.2, 0) is 0 Å². The molecular formula is C16H23FN2O. The van der Waals surface area contributed by atoms with E-state index in [2.05, 4.69) is 19.2 Å². The number of rotatable bonds is 3. The number of nitrogens with one attached hydrogen (secondary N) is 1. The second-order valence-corrected chi connectivity index (χ2v) is 6.50. The molecule has 0 spiro atoms. The molecule has 1 aliphatic carbocycles. The fourth-order valence-corrected chi connectivity index (χ4v) is 2.85. The van der Waals surface area contributed by atoms with Gasteiger partial charge in [0.2, 0.25) is 0 Å². The molecule has 0 radical (unpaired) electrons. The molecular weight excluding hydrogens is 255 g/mol. The average molecular weight is 278 g/mol. The van der Waals surface area contributed by atoms with Crippen molar-refractivity contribution in [3.8, 4) is 0 Å². The van der Waals surface area contributed by atoms with Gasteiger partial charge in [-0.1, -0.05) is 20.3 Å². The van der Waals surface area contributed by atoms with Gasteiger partial charge in [-0.3, -0.25) is 4.79 Å². The van der Waals surface area contributed by atoms with E-state index in [0.29, 0.717) is 11.5 Å². The lowest BCUT2D eigenvalue weighted by molar-refractivity contribution is 0.0996. The summed E-state index contributed by atoms with van der Waals surface area (Å²) in [4.78, 5) is 11.2. The number of primary amides is 1. The third-order valence-corrected chi connectivity index (χ3v) is 4.18. The van der Waals surface area contributed by atoms with E-state index in [-0.39, 0.29) is 5.56 Å². The van der Waals surface area contributed by atoms with Crippen LogP contribution in [0.15, 0.2) is 18.2 Å². The third kappa shape index (κ3) is 3.71. The van der Waals surface area contributed by atoms with Crippen LogP contribution in [0.3, 0.4) is 0 Å². The highest BCUT2D eigenvalue weighted by Crippen LogP contribution is 2.34. The van der Waals surface area contributed by atoms with Gasteiger partial charge >= 0.3 is 0 Å². The van der Waals surface area contributed by atoms with Crippen molar-refractivity contribution in [2.24, 2.45) is 11.1 Å². The second-order valence-electron chi connectivity index (χ2n) is 6.50. The molecule has 1 aromatic carbocycles. The van der Waals surface area contributed by atoms with Gasteiger partial charge < -0.3 is 11.1 Å². The van der Waals surface area contributed by atoms with E-state index >= 15 is 0 Å². The average Bonchev–Trinajstić information content (AvgIpc) is 2.53. The molecule has 0 bridgehead atoms. The molecule has 1 aromatic rings. The Labute approximate surface area is 119 Å². The summed E-state index contributed by atoms with van der Waals surface area (Å²) >= 11 is 0. The Bertz CT molecular complexity index is 499. The molecule has 0 aromatic heterocycles. The van der Waals surface area contributed by atoms with Crippen molar-refractivity contribution >= 4 is 11.6 Å². The van der Waals surface area contributed by atoms with Crippen LogP contribution in [0.5, 0.6) is 0 Å². The highest BCUT2D eigenvalue weighted by molar-refractivity contribution is 5.94. The van der Waals surface area contributed by atoms with Gasteiger partial charge in [-0.15, -0.1) is 0 Å². The smallest absolute Gasteiger partial charge is 0.251 e. The Morgan fingerprint density at radius 1 is 1.35 bits per heavy atom. The fraction of sp³-hybridized carbons (Fsp3) is 0.562. The number of carbonyl (C=O) groups is 1. The molecule has 110 valence electrons. The highest BCUT2D eigenvalue weighted by atomic mass is 19.1. The molecule has 1 saturated carbocycles. The second kappa shape index (κ2) is 5.81. The standard InChI is InChI=1S/C16H23FN2O/c1-16(2)8-3-4-11(7-9-16)19-12-5-6-14(17)13(10-12)15(18)20/h5-6,10-11,19H,3-4,7-9H2,1-2H3,(H2,18,20). The lowest BCUT2D eigenvalue weighted by Crippen LogP contribution is -2.20. The quantitative estimate of drug-likeness (QED) is 0.828. The maximum Gasteiger partial charge on any atom is 0.251 e. The summed E-state index contributed by atoms with van der Waals surface area (Å²) in [6, 6.07) is 4.84. The molecule has 4 heteroatoms. The van der Waals surface area contributed by atoms with Gasteiger partial charge in [0.25, 0.3) is 5.91 Å². The minimum absolute atomic E-state index is 0.0519. The molecule has 1 aliphatic rings. The van der Waals surface area contributed by atoms with E-state index in [1.165, 1.54) is 31.4 Å². The van der Waals surface area contributed by atoms with Crippen molar-refractivity contribution in [2.45, 2.75) is 52.0 Å². The van der Waals surface area contributed by atoms with Crippen LogP contribution < -0.4 is 11.1 Å². The maximum absolute atomic E-state index is 13.4. The number of halogens is 1. The SMILES string of the molecule is CC1(C)CCCC(Nc2ccc(F)c(C(N)=O)c2)CC1. The van der Waals surface area contributed by atoms with E-state index in [0.717, 1.165) is 18.5 Å². The molecule has 20 heavy (non-hydrogen) atoms. The zero-order valence-electron chi connectivity index (χ0n) is 12.2. The maximum atomic E-state index is 13.4. The number of benzene rings is 1. The van der Waals surface area contributed by atoms with Crippen LogP contribution in [0.2, 0.25) is 0 Å². The van der Waals surface area contributed by atoms with E-state index in [4.69, 9.17) is 5.73 Å². The van der Waals surface area contributed by atoms with Gasteiger partial charge in [-0.25, -0.2) is 4.39 Å². The number of amides is 1. The molecule has 1 atom stereocenters. The Morgan fingerprint density at radius 3 is 2.80 bits per heavy atom. The van der Waals surface area contributed by atoms with Gasteiger partial charge in [0.1, 0.15) is 5.82 Å². The zero-order chi connectivity index (χ0) is 14.8. The number of carbonyl (C=O) groups excluding carboxylic acids is 1. The van der Waals surface area contributed by atoms with Crippen LogP contribution in [0.25, 0.3) is 0 Å². The van der Waals surface area contributed by atoms with Gasteiger partial charge in [-0.2, -0.15) is 0 Å². The lowest BCUT2D eigenvalue weighted by Gasteiger charge is -2.22. The highest BCUT2D eigenvalue weighted by Gasteiger charge is 2.24. The molecule has 1 amide bonds. The van der Waals surface area contributed by atoms with Crippen molar-refractivity contribution in [1.82, 2.24) is 0 Å². The van der Waals surface area contributed by atoms with Crippen molar-refractivity contribution in [3.63, 3.8) is 0 Å². The van der Waals surface area contributed by atoms with Crippen molar-refractivity contribution in [1.29, 1.82) is 0 Å². The van der Waals surface area contributed by atoms with Crippen LogP contribution >= 0.6 is 0 Å². The number of anilines is 1. The number of hydrogen-bond donors (Lipinski definition) is 2. The Balaban J connectivity index is 2.06. The largest absolute Gasteiger partial charge is 0.382 e. The lowest BCUT2D eigenvalue weighted by atomic mass is 9.85. The predicted octanol–water partition coefficient (Wildman–Crippen LogP) is 3.70. The van der Waals surface area contributed by atoms with E-state index < -0.39 is 11.7 Å². The molecule has 3 nitrogen and oxygen atoms in total. The van der Waals surface area contributed by atoms with Gasteiger partial charge in [0, 0.05) is 11.7 Å². The first kappa shape index (κ1) is 14.8. The molecule has 0 aliphatic heterocycles. The summed E-state index contributed by atoms with van der Waals surface area (Å²) in [5.41, 5.74) is 6.29. The minimum Gasteiger partial charge on any atom is -0.382 e. The Morgan fingerprint density at radius 2 is 2.10 bits per heavy atom. The summed E-state index contributed by atoms with van der Waals surface area (Å²) < 4.78 is 13.4. The topological polar surface area (TPSA) is 55.1 Å². The van der Waals surface area contributed by atoms with Crippen LogP contribution in [0.1, 0.15) is 56.3 Å². The van der Waals surface area contributed by atoms with Crippen LogP contribution in [0.4, 0.5) is 10.1 Å². The first-order valence-corrected chi connectivity index (χ1v) is 7.23. The Kier molecular flexibility index (Phi) is 4.31.